The molecule has 10 nitrogen and oxygen atoms in total. The van der Waals surface area contributed by atoms with Crippen molar-refractivity contribution in [3.05, 3.63) is 9.81 Å². The molecular formula is C12H20Cl2N6O4. The molecule has 2 atom stereocenters. The van der Waals surface area contributed by atoms with Crippen LogP contribution in [0.25, 0.3) is 0 Å². The fourth-order valence-electron chi connectivity index (χ4n) is 2.47. The van der Waals surface area contributed by atoms with Crippen molar-refractivity contribution in [3.8, 4) is 0 Å². The SMILES string of the molecule is O=NN(CCCl)C(=O)N[C@@H]1CCC[C@@H](NC(=O)N(CCCl)N=O)C1. The molecule has 12 heteroatoms. The third kappa shape index (κ3) is 6.44. The number of hydrogen-bond donors (Lipinski definition) is 2. The van der Waals surface area contributed by atoms with Crippen LogP contribution < -0.4 is 10.6 Å². The average Bonchev–Trinajstić information content (AvgIpc) is 2.57. The van der Waals surface area contributed by atoms with Gasteiger partial charge in [0.25, 0.3) is 0 Å². The second kappa shape index (κ2) is 11.0. The zero-order chi connectivity index (χ0) is 17.9. The van der Waals surface area contributed by atoms with E-state index in [0.29, 0.717) is 29.3 Å². The van der Waals surface area contributed by atoms with Gasteiger partial charge >= 0.3 is 12.1 Å². The van der Waals surface area contributed by atoms with Gasteiger partial charge in [-0.3, -0.25) is 0 Å². The maximum Gasteiger partial charge on any atom is 0.340 e. The first-order valence-corrected chi connectivity index (χ1v) is 8.57. The lowest BCUT2D eigenvalue weighted by Crippen LogP contribution is -2.50. The van der Waals surface area contributed by atoms with E-state index in [2.05, 4.69) is 21.2 Å². The van der Waals surface area contributed by atoms with Crippen molar-refractivity contribution >= 4 is 35.3 Å². The average molecular weight is 383 g/mol. The lowest BCUT2D eigenvalue weighted by atomic mass is 9.91. The monoisotopic (exact) mass is 382 g/mol. The van der Waals surface area contributed by atoms with Crippen molar-refractivity contribution in [3.63, 3.8) is 0 Å². The van der Waals surface area contributed by atoms with E-state index >= 15 is 0 Å². The summed E-state index contributed by atoms with van der Waals surface area (Å²) in [6.07, 6.45) is 2.66. The number of halogens is 2. The lowest BCUT2D eigenvalue weighted by molar-refractivity contribution is 0.184. The number of hydrogen-bond acceptors (Lipinski definition) is 6. The Morgan fingerprint density at radius 3 is 1.67 bits per heavy atom. The van der Waals surface area contributed by atoms with E-state index < -0.39 is 12.1 Å². The minimum Gasteiger partial charge on any atom is -0.334 e. The first kappa shape index (κ1) is 20.4. The third-order valence-corrected chi connectivity index (χ3v) is 3.93. The van der Waals surface area contributed by atoms with Crippen molar-refractivity contribution in [1.82, 2.24) is 20.7 Å². The zero-order valence-corrected chi connectivity index (χ0v) is 14.5. The molecule has 0 saturated heterocycles. The maximum absolute atomic E-state index is 11.9. The van der Waals surface area contributed by atoms with Crippen molar-refractivity contribution in [2.24, 2.45) is 10.6 Å². The number of urea groups is 2. The number of carbonyl (C=O) groups excluding carboxylic acids is 2. The Kier molecular flexibility index (Phi) is 9.31. The summed E-state index contributed by atoms with van der Waals surface area (Å²) >= 11 is 11.0. The number of nitrogens with zero attached hydrogens (tertiary/aromatic N) is 4. The van der Waals surface area contributed by atoms with Gasteiger partial charge in [-0.15, -0.1) is 33.0 Å². The van der Waals surface area contributed by atoms with E-state index in [1.807, 2.05) is 0 Å². The standard InChI is InChI=1S/C12H20Cl2N6O4/c13-4-6-19(17-23)11(21)15-9-2-1-3-10(8-9)16-12(22)20(18-24)7-5-14/h9-10H,1-8H2,(H,15,21)(H,16,22)/t9-,10-/m1/s1. The van der Waals surface area contributed by atoms with Crippen molar-refractivity contribution < 1.29 is 9.59 Å². The van der Waals surface area contributed by atoms with E-state index in [9.17, 15) is 19.4 Å². The molecule has 4 amide bonds. The Morgan fingerprint density at radius 2 is 1.33 bits per heavy atom. The molecule has 0 aliphatic heterocycles. The minimum atomic E-state index is -0.624. The molecule has 0 unspecified atom stereocenters. The first-order valence-electron chi connectivity index (χ1n) is 7.50. The second-order valence-electron chi connectivity index (χ2n) is 5.25. The highest BCUT2D eigenvalue weighted by Crippen LogP contribution is 2.19. The minimum absolute atomic E-state index is 0.0160. The van der Waals surface area contributed by atoms with Gasteiger partial charge < -0.3 is 10.6 Å². The Bertz CT molecular complexity index is 417. The van der Waals surface area contributed by atoms with Gasteiger partial charge in [0.05, 0.1) is 23.7 Å². The number of alkyl halides is 2. The Labute approximate surface area is 149 Å². The van der Waals surface area contributed by atoms with Gasteiger partial charge in [0.1, 0.15) is 0 Å². The zero-order valence-electron chi connectivity index (χ0n) is 13.0. The van der Waals surface area contributed by atoms with Crippen LogP contribution in [0, 0.1) is 9.81 Å². The van der Waals surface area contributed by atoms with Gasteiger partial charge in [-0.1, -0.05) is 0 Å². The molecule has 0 aromatic carbocycles. The summed E-state index contributed by atoms with van der Waals surface area (Å²) < 4.78 is 0. The number of rotatable bonds is 8. The van der Waals surface area contributed by atoms with Crippen LogP contribution in [0.3, 0.4) is 0 Å². The van der Waals surface area contributed by atoms with Gasteiger partial charge in [0, 0.05) is 23.8 Å². The van der Waals surface area contributed by atoms with Crippen molar-refractivity contribution in [1.29, 1.82) is 0 Å². The van der Waals surface area contributed by atoms with Crippen molar-refractivity contribution in [2.75, 3.05) is 24.8 Å². The molecule has 1 rings (SSSR count). The van der Waals surface area contributed by atoms with E-state index in [4.69, 9.17) is 23.2 Å². The Hall–Kier alpha value is -1.68. The first-order chi connectivity index (χ1) is 11.5. The summed E-state index contributed by atoms with van der Waals surface area (Å²) in [4.78, 5) is 45.0. The highest BCUT2D eigenvalue weighted by atomic mass is 35.5. The molecule has 0 bridgehead atoms. The molecule has 0 radical (unpaired) electrons. The van der Waals surface area contributed by atoms with E-state index in [-0.39, 0.29) is 36.9 Å². The van der Waals surface area contributed by atoms with Crippen LogP contribution in [-0.4, -0.2) is 59.0 Å². The number of nitroso groups, excluding NO2 is 2. The Morgan fingerprint density at radius 1 is 0.917 bits per heavy atom. The van der Waals surface area contributed by atoms with Crippen molar-refractivity contribution in [2.45, 2.75) is 37.8 Å². The molecule has 1 aliphatic rings. The summed E-state index contributed by atoms with van der Waals surface area (Å²) in [6, 6.07) is -1.69. The van der Waals surface area contributed by atoms with Gasteiger partial charge in [0.15, 0.2) is 0 Å². The fraction of sp³-hybridized carbons (Fsp3) is 0.833. The molecule has 0 aromatic heterocycles. The van der Waals surface area contributed by atoms with Crippen LogP contribution in [0.1, 0.15) is 25.7 Å². The van der Waals surface area contributed by atoms with Gasteiger partial charge in [-0.25, -0.2) is 9.59 Å². The summed E-state index contributed by atoms with van der Waals surface area (Å²) in [5.41, 5.74) is 0. The summed E-state index contributed by atoms with van der Waals surface area (Å²) in [7, 11) is 0. The maximum atomic E-state index is 11.9. The molecular weight excluding hydrogens is 363 g/mol. The number of carbonyl (C=O) groups is 2. The lowest BCUT2D eigenvalue weighted by Gasteiger charge is -2.31. The van der Waals surface area contributed by atoms with E-state index in [0.717, 1.165) is 6.42 Å². The summed E-state index contributed by atoms with van der Waals surface area (Å²) in [5.74, 6) is 0.190. The largest absolute Gasteiger partial charge is 0.340 e. The highest BCUT2D eigenvalue weighted by molar-refractivity contribution is 6.18. The fourth-order valence-corrected chi connectivity index (χ4v) is 2.79. The molecule has 2 N–H and O–H groups in total. The van der Waals surface area contributed by atoms with Gasteiger partial charge in [-0.2, -0.15) is 10.0 Å². The molecule has 0 heterocycles. The highest BCUT2D eigenvalue weighted by Gasteiger charge is 2.27. The van der Waals surface area contributed by atoms with Crippen LogP contribution in [0.2, 0.25) is 0 Å². The van der Waals surface area contributed by atoms with E-state index in [1.165, 1.54) is 0 Å². The van der Waals surface area contributed by atoms with E-state index in [1.54, 1.807) is 0 Å². The third-order valence-electron chi connectivity index (χ3n) is 3.59. The quantitative estimate of drug-likeness (QED) is 0.379. The smallest absolute Gasteiger partial charge is 0.334 e. The molecule has 0 aromatic rings. The number of amides is 4. The molecule has 0 spiro atoms. The van der Waals surface area contributed by atoms with Crippen LogP contribution in [0.4, 0.5) is 9.59 Å². The van der Waals surface area contributed by atoms with Gasteiger partial charge in [0.2, 0.25) is 0 Å². The molecule has 1 fully saturated rings. The summed E-state index contributed by atoms with van der Waals surface area (Å²) in [6.45, 7) is 0.0321. The summed E-state index contributed by atoms with van der Waals surface area (Å²) in [5, 5.41) is 12.0. The van der Waals surface area contributed by atoms with Crippen LogP contribution >= 0.6 is 23.2 Å². The van der Waals surface area contributed by atoms with Crippen LogP contribution in [-0.2, 0) is 0 Å². The predicted molar refractivity (Wildman–Crippen MR) is 89.5 cm³/mol. The topological polar surface area (TPSA) is 124 Å². The Balaban J connectivity index is 2.51. The predicted octanol–water partition coefficient (Wildman–Crippen LogP) is 2.16. The number of nitrogens with one attached hydrogen (secondary N) is 2. The molecule has 1 aliphatic carbocycles. The molecule has 24 heavy (non-hydrogen) atoms. The second-order valence-corrected chi connectivity index (χ2v) is 6.00. The molecule has 136 valence electrons. The van der Waals surface area contributed by atoms with Gasteiger partial charge in [-0.05, 0) is 25.7 Å². The van der Waals surface area contributed by atoms with Crippen LogP contribution in [0.5, 0.6) is 0 Å². The van der Waals surface area contributed by atoms with Crippen LogP contribution in [0.15, 0.2) is 10.6 Å². The molecule has 1 saturated carbocycles. The normalized spacial score (nSPS) is 19.9.